The maximum atomic E-state index is 13.0. The van der Waals surface area contributed by atoms with Gasteiger partial charge in [0.2, 0.25) is 5.91 Å². The number of carbonyl (C=O) groups excluding carboxylic acids is 1. The van der Waals surface area contributed by atoms with Crippen LogP contribution in [0.25, 0.3) is 0 Å². The van der Waals surface area contributed by atoms with Gasteiger partial charge in [-0.1, -0.05) is 42.5 Å². The lowest BCUT2D eigenvalue weighted by Crippen LogP contribution is -2.32. The van der Waals surface area contributed by atoms with E-state index >= 15 is 0 Å². The maximum Gasteiger partial charge on any atom is 0.224 e. The summed E-state index contributed by atoms with van der Waals surface area (Å²) >= 11 is 0. The van der Waals surface area contributed by atoms with Crippen LogP contribution in [0.5, 0.6) is 0 Å². The van der Waals surface area contributed by atoms with Crippen LogP contribution in [0, 0.1) is 5.82 Å². The van der Waals surface area contributed by atoms with Crippen molar-refractivity contribution in [1.29, 1.82) is 0 Å². The van der Waals surface area contributed by atoms with Gasteiger partial charge in [-0.05, 0) is 42.5 Å². The maximum absolute atomic E-state index is 13.0. The molecule has 1 atom stereocenters. The number of aromatic nitrogens is 2. The van der Waals surface area contributed by atoms with Crippen molar-refractivity contribution in [2.75, 3.05) is 0 Å². The van der Waals surface area contributed by atoms with Crippen molar-refractivity contribution in [2.24, 2.45) is 0 Å². The summed E-state index contributed by atoms with van der Waals surface area (Å²) in [6.07, 6.45) is 5.06. The first kappa shape index (κ1) is 17.5. The van der Waals surface area contributed by atoms with Gasteiger partial charge in [0.15, 0.2) is 0 Å². The number of hydrogen-bond donors (Lipinski definition) is 1. The van der Waals surface area contributed by atoms with Crippen molar-refractivity contribution in [1.82, 2.24) is 15.1 Å². The molecule has 1 heterocycles. The molecule has 0 aliphatic heterocycles. The van der Waals surface area contributed by atoms with Crippen LogP contribution in [0.15, 0.2) is 60.8 Å². The number of hydrogen-bond acceptors (Lipinski definition) is 2. The molecule has 0 spiro atoms. The Balaban J connectivity index is 1.45. The van der Waals surface area contributed by atoms with Gasteiger partial charge in [0.1, 0.15) is 5.82 Å². The number of rotatable bonds is 5. The predicted octanol–water partition coefficient (Wildman–Crippen LogP) is 3.81. The first-order chi connectivity index (χ1) is 13.2. The van der Waals surface area contributed by atoms with Crippen molar-refractivity contribution in [2.45, 2.75) is 38.3 Å². The third-order valence-electron chi connectivity index (χ3n) is 5.05. The molecule has 3 aromatic rings. The zero-order chi connectivity index (χ0) is 18.6. The molecule has 0 radical (unpaired) electrons. The van der Waals surface area contributed by atoms with Gasteiger partial charge < -0.3 is 5.32 Å². The molecule has 1 unspecified atom stereocenters. The lowest BCUT2D eigenvalue weighted by molar-refractivity contribution is -0.121. The highest BCUT2D eigenvalue weighted by Crippen LogP contribution is 2.30. The standard InChI is InChI=1S/C22H22FN3O/c23-18-11-9-16(10-12-18)13-22(27)25-20-7-4-8-21-19(20)14-24-26(21)15-17-5-2-1-3-6-17/h1-3,5-6,9-12,14,20H,4,7-8,13,15H2,(H,25,27). The van der Waals surface area contributed by atoms with Crippen molar-refractivity contribution in [3.63, 3.8) is 0 Å². The molecular weight excluding hydrogens is 341 g/mol. The highest BCUT2D eigenvalue weighted by molar-refractivity contribution is 5.79. The number of benzene rings is 2. The van der Waals surface area contributed by atoms with Gasteiger partial charge in [0.25, 0.3) is 0 Å². The first-order valence-electron chi connectivity index (χ1n) is 9.31. The molecule has 2 aromatic carbocycles. The van der Waals surface area contributed by atoms with Crippen molar-refractivity contribution < 1.29 is 9.18 Å². The number of amides is 1. The number of halogens is 1. The van der Waals surface area contributed by atoms with Gasteiger partial charge in [-0.15, -0.1) is 0 Å². The first-order valence-corrected chi connectivity index (χ1v) is 9.31. The minimum atomic E-state index is -0.290. The Bertz CT molecular complexity index is 918. The summed E-state index contributed by atoms with van der Waals surface area (Å²) in [6.45, 7) is 0.742. The molecule has 1 aromatic heterocycles. The lowest BCUT2D eigenvalue weighted by Gasteiger charge is -2.24. The Labute approximate surface area is 158 Å². The van der Waals surface area contributed by atoms with Crippen LogP contribution < -0.4 is 5.32 Å². The van der Waals surface area contributed by atoms with Crippen LogP contribution >= 0.6 is 0 Å². The second-order valence-electron chi connectivity index (χ2n) is 7.01. The highest BCUT2D eigenvalue weighted by atomic mass is 19.1. The number of nitrogens with zero attached hydrogens (tertiary/aromatic N) is 2. The fourth-order valence-corrected chi connectivity index (χ4v) is 3.69. The molecule has 1 amide bonds. The van der Waals surface area contributed by atoms with Crippen molar-refractivity contribution in [3.8, 4) is 0 Å². The average molecular weight is 363 g/mol. The summed E-state index contributed by atoms with van der Waals surface area (Å²) in [7, 11) is 0. The molecule has 0 fully saturated rings. The van der Waals surface area contributed by atoms with E-state index in [1.807, 2.05) is 29.1 Å². The SMILES string of the molecule is O=C(Cc1ccc(F)cc1)NC1CCCc2c1cnn2Cc1ccccc1. The van der Waals surface area contributed by atoms with E-state index in [9.17, 15) is 9.18 Å². The smallest absolute Gasteiger partial charge is 0.224 e. The Hall–Kier alpha value is -2.95. The molecule has 4 rings (SSSR count). The van der Waals surface area contributed by atoms with E-state index in [0.717, 1.165) is 36.9 Å². The minimum Gasteiger partial charge on any atom is -0.349 e. The Morgan fingerprint density at radius 2 is 1.89 bits per heavy atom. The van der Waals surface area contributed by atoms with E-state index in [0.29, 0.717) is 0 Å². The molecule has 27 heavy (non-hydrogen) atoms. The monoisotopic (exact) mass is 363 g/mol. The van der Waals surface area contributed by atoms with Gasteiger partial charge in [-0.2, -0.15) is 5.10 Å². The van der Waals surface area contributed by atoms with Crippen LogP contribution in [0.4, 0.5) is 4.39 Å². The Morgan fingerprint density at radius 1 is 1.11 bits per heavy atom. The fourth-order valence-electron chi connectivity index (χ4n) is 3.69. The predicted molar refractivity (Wildman–Crippen MR) is 102 cm³/mol. The molecule has 0 saturated carbocycles. The second kappa shape index (κ2) is 7.74. The van der Waals surface area contributed by atoms with Gasteiger partial charge in [-0.3, -0.25) is 9.48 Å². The Morgan fingerprint density at radius 3 is 2.67 bits per heavy atom. The van der Waals surface area contributed by atoms with Crippen LogP contribution in [-0.4, -0.2) is 15.7 Å². The second-order valence-corrected chi connectivity index (χ2v) is 7.01. The quantitative estimate of drug-likeness (QED) is 0.749. The molecule has 0 saturated heterocycles. The summed E-state index contributed by atoms with van der Waals surface area (Å²) in [5.41, 5.74) is 4.34. The largest absolute Gasteiger partial charge is 0.349 e. The summed E-state index contributed by atoms with van der Waals surface area (Å²) in [5, 5.41) is 7.70. The lowest BCUT2D eigenvalue weighted by atomic mass is 9.92. The van der Waals surface area contributed by atoms with E-state index in [1.165, 1.54) is 23.4 Å². The van der Waals surface area contributed by atoms with Gasteiger partial charge in [0, 0.05) is 11.3 Å². The average Bonchev–Trinajstić information content (AvgIpc) is 3.08. The number of nitrogens with one attached hydrogen (secondary N) is 1. The molecule has 0 bridgehead atoms. The van der Waals surface area contributed by atoms with E-state index in [1.54, 1.807) is 12.1 Å². The molecule has 5 heteroatoms. The van der Waals surface area contributed by atoms with E-state index in [4.69, 9.17) is 0 Å². The van der Waals surface area contributed by atoms with Crippen LogP contribution in [0.2, 0.25) is 0 Å². The summed E-state index contributed by atoms with van der Waals surface area (Å²) in [5.74, 6) is -0.336. The third kappa shape index (κ3) is 4.08. The van der Waals surface area contributed by atoms with Gasteiger partial charge >= 0.3 is 0 Å². The molecule has 4 nitrogen and oxygen atoms in total. The Kier molecular flexibility index (Phi) is 5.01. The van der Waals surface area contributed by atoms with E-state index in [-0.39, 0.29) is 24.2 Å². The number of carbonyl (C=O) groups is 1. The molecular formula is C22H22FN3O. The van der Waals surface area contributed by atoms with Gasteiger partial charge in [-0.25, -0.2) is 4.39 Å². The topological polar surface area (TPSA) is 46.9 Å². The van der Waals surface area contributed by atoms with Crippen LogP contribution in [-0.2, 0) is 24.2 Å². The molecule has 1 N–H and O–H groups in total. The normalized spacial score (nSPS) is 16.0. The summed E-state index contributed by atoms with van der Waals surface area (Å²) in [6, 6.07) is 16.3. The molecule has 138 valence electrons. The number of fused-ring (bicyclic) bond motifs is 1. The zero-order valence-electron chi connectivity index (χ0n) is 15.1. The van der Waals surface area contributed by atoms with Crippen LogP contribution in [0.1, 0.15) is 41.3 Å². The summed E-state index contributed by atoms with van der Waals surface area (Å²) < 4.78 is 15.1. The highest BCUT2D eigenvalue weighted by Gasteiger charge is 2.25. The van der Waals surface area contributed by atoms with Crippen molar-refractivity contribution >= 4 is 5.91 Å². The van der Waals surface area contributed by atoms with Crippen LogP contribution in [0.3, 0.4) is 0 Å². The summed E-state index contributed by atoms with van der Waals surface area (Å²) in [4.78, 5) is 12.4. The van der Waals surface area contributed by atoms with Gasteiger partial charge in [0.05, 0.1) is 25.2 Å². The van der Waals surface area contributed by atoms with E-state index in [2.05, 4.69) is 22.5 Å². The zero-order valence-corrected chi connectivity index (χ0v) is 15.1. The molecule has 1 aliphatic rings. The molecule has 1 aliphatic carbocycles. The third-order valence-corrected chi connectivity index (χ3v) is 5.05. The fraction of sp³-hybridized carbons (Fsp3) is 0.273. The van der Waals surface area contributed by atoms with Crippen molar-refractivity contribution in [3.05, 3.63) is 89.0 Å². The van der Waals surface area contributed by atoms with E-state index < -0.39 is 0 Å². The minimum absolute atomic E-state index is 0.00813.